The Labute approximate surface area is 81.3 Å². The van der Waals surface area contributed by atoms with E-state index >= 15 is 0 Å². The Morgan fingerprint density at radius 2 is 2.00 bits per heavy atom. The summed E-state index contributed by atoms with van der Waals surface area (Å²) in [6.45, 7) is 6.27. The summed E-state index contributed by atoms with van der Waals surface area (Å²) >= 11 is 0. The molecular weight excluding hydrogens is 164 g/mol. The molecule has 2 nitrogen and oxygen atoms in total. The van der Waals surface area contributed by atoms with Gasteiger partial charge >= 0.3 is 5.97 Å². The van der Waals surface area contributed by atoms with Crippen LogP contribution in [-0.4, -0.2) is 11.1 Å². The molecule has 0 aromatic heterocycles. The van der Waals surface area contributed by atoms with Gasteiger partial charge in [-0.05, 0) is 18.8 Å². The first-order valence-corrected chi connectivity index (χ1v) is 5.34. The van der Waals surface area contributed by atoms with E-state index in [1.54, 1.807) is 0 Å². The number of unbranched alkanes of at least 4 members (excludes halogenated alkanes) is 1. The lowest BCUT2D eigenvalue weighted by Crippen LogP contribution is -2.15. The highest BCUT2D eigenvalue weighted by molar-refractivity contribution is 5.69. The summed E-state index contributed by atoms with van der Waals surface area (Å²) in [4.78, 5) is 10.7. The van der Waals surface area contributed by atoms with Crippen LogP contribution in [0.15, 0.2) is 0 Å². The van der Waals surface area contributed by atoms with E-state index in [9.17, 15) is 4.79 Å². The van der Waals surface area contributed by atoms with Gasteiger partial charge in [-0.3, -0.25) is 4.79 Å². The predicted molar refractivity (Wildman–Crippen MR) is 54.7 cm³/mol. The van der Waals surface area contributed by atoms with Crippen LogP contribution in [-0.2, 0) is 4.79 Å². The molecule has 0 aromatic rings. The van der Waals surface area contributed by atoms with Crippen LogP contribution >= 0.6 is 0 Å². The summed E-state index contributed by atoms with van der Waals surface area (Å²) in [6.07, 6.45) is 5.18. The zero-order valence-corrected chi connectivity index (χ0v) is 9.05. The molecule has 0 bridgehead atoms. The largest absolute Gasteiger partial charge is 0.481 e. The van der Waals surface area contributed by atoms with Crippen LogP contribution in [0.3, 0.4) is 0 Å². The first-order valence-electron chi connectivity index (χ1n) is 5.34. The summed E-state index contributed by atoms with van der Waals surface area (Å²) in [7, 11) is 0. The Morgan fingerprint density at radius 3 is 2.38 bits per heavy atom. The molecule has 0 saturated heterocycles. The fourth-order valence-corrected chi connectivity index (χ4v) is 1.60. The lowest BCUT2D eigenvalue weighted by molar-refractivity contribution is -0.142. The molecule has 1 N–H and O–H groups in total. The zero-order chi connectivity index (χ0) is 10.3. The summed E-state index contributed by atoms with van der Waals surface area (Å²) in [5.74, 6) is -0.210. The summed E-state index contributed by atoms with van der Waals surface area (Å²) < 4.78 is 0. The Kier molecular flexibility index (Phi) is 6.65. The minimum Gasteiger partial charge on any atom is -0.481 e. The predicted octanol–water partition coefficient (Wildman–Crippen LogP) is 3.31. The van der Waals surface area contributed by atoms with Crippen molar-refractivity contribution in [2.24, 2.45) is 11.8 Å². The first-order chi connectivity index (χ1) is 6.11. The molecule has 0 aromatic carbocycles. The number of carboxylic acid groups (broad SMARTS) is 1. The Balaban J connectivity index is 3.73. The van der Waals surface area contributed by atoms with Crippen molar-refractivity contribution in [1.29, 1.82) is 0 Å². The van der Waals surface area contributed by atoms with Gasteiger partial charge in [0.15, 0.2) is 0 Å². The quantitative estimate of drug-likeness (QED) is 0.662. The molecule has 13 heavy (non-hydrogen) atoms. The molecule has 0 aliphatic rings. The highest BCUT2D eigenvalue weighted by Gasteiger charge is 2.17. The van der Waals surface area contributed by atoms with Gasteiger partial charge in [0, 0.05) is 0 Å². The van der Waals surface area contributed by atoms with Gasteiger partial charge in [0.2, 0.25) is 0 Å². The standard InChI is InChI=1S/C11H22O2/c1-4-6-7-9(3)8-10(5-2)11(12)13/h9-10H,4-8H2,1-3H3,(H,12,13)/t9-,10-/m1/s1. The second-order valence-electron chi connectivity index (χ2n) is 3.93. The molecule has 0 radical (unpaired) electrons. The Morgan fingerprint density at radius 1 is 1.38 bits per heavy atom. The van der Waals surface area contributed by atoms with Crippen LogP contribution in [0.5, 0.6) is 0 Å². The Hall–Kier alpha value is -0.530. The van der Waals surface area contributed by atoms with Gasteiger partial charge in [-0.1, -0.05) is 40.0 Å². The van der Waals surface area contributed by atoms with Crippen LogP contribution in [0, 0.1) is 11.8 Å². The van der Waals surface area contributed by atoms with Gasteiger partial charge < -0.3 is 5.11 Å². The van der Waals surface area contributed by atoms with Crippen molar-refractivity contribution < 1.29 is 9.90 Å². The van der Waals surface area contributed by atoms with Crippen molar-refractivity contribution in [1.82, 2.24) is 0 Å². The lowest BCUT2D eigenvalue weighted by Gasteiger charge is -2.15. The number of carbonyl (C=O) groups is 1. The number of rotatable bonds is 7. The lowest BCUT2D eigenvalue weighted by atomic mass is 9.90. The van der Waals surface area contributed by atoms with Crippen molar-refractivity contribution >= 4 is 5.97 Å². The molecule has 2 atom stereocenters. The molecule has 2 heteroatoms. The van der Waals surface area contributed by atoms with E-state index in [1.807, 2.05) is 6.92 Å². The van der Waals surface area contributed by atoms with E-state index in [2.05, 4.69) is 13.8 Å². The molecule has 0 unspecified atom stereocenters. The van der Waals surface area contributed by atoms with Crippen LogP contribution in [0.2, 0.25) is 0 Å². The van der Waals surface area contributed by atoms with Crippen LogP contribution in [0.4, 0.5) is 0 Å². The first kappa shape index (κ1) is 12.5. The summed E-state index contributed by atoms with van der Waals surface area (Å²) in [5.41, 5.74) is 0. The van der Waals surface area contributed by atoms with Crippen molar-refractivity contribution in [3.8, 4) is 0 Å². The SMILES string of the molecule is CCCC[C@@H](C)C[C@@H](CC)C(=O)O. The van der Waals surface area contributed by atoms with E-state index in [0.29, 0.717) is 5.92 Å². The van der Waals surface area contributed by atoms with Gasteiger partial charge in [-0.2, -0.15) is 0 Å². The number of hydrogen-bond acceptors (Lipinski definition) is 1. The highest BCUT2D eigenvalue weighted by atomic mass is 16.4. The van der Waals surface area contributed by atoms with Crippen molar-refractivity contribution in [2.45, 2.75) is 52.9 Å². The maximum atomic E-state index is 10.7. The summed E-state index contributed by atoms with van der Waals surface area (Å²) in [5, 5.41) is 8.85. The van der Waals surface area contributed by atoms with Gasteiger partial charge in [-0.25, -0.2) is 0 Å². The Bertz CT molecular complexity index is 143. The second-order valence-corrected chi connectivity index (χ2v) is 3.93. The average molecular weight is 186 g/mol. The van der Waals surface area contributed by atoms with E-state index in [1.165, 1.54) is 19.3 Å². The van der Waals surface area contributed by atoms with Gasteiger partial charge in [-0.15, -0.1) is 0 Å². The third-order valence-corrected chi connectivity index (χ3v) is 2.58. The zero-order valence-electron chi connectivity index (χ0n) is 9.05. The molecule has 0 spiro atoms. The summed E-state index contributed by atoms with van der Waals surface area (Å²) in [6, 6.07) is 0. The van der Waals surface area contributed by atoms with Crippen LogP contribution < -0.4 is 0 Å². The minimum absolute atomic E-state index is 0.133. The second kappa shape index (κ2) is 6.93. The molecule has 0 heterocycles. The third-order valence-electron chi connectivity index (χ3n) is 2.58. The highest BCUT2D eigenvalue weighted by Crippen LogP contribution is 2.20. The molecule has 0 saturated carbocycles. The minimum atomic E-state index is -0.633. The van der Waals surface area contributed by atoms with Crippen molar-refractivity contribution in [3.05, 3.63) is 0 Å². The molecule has 0 amide bonds. The normalized spacial score (nSPS) is 15.3. The third kappa shape index (κ3) is 5.67. The topological polar surface area (TPSA) is 37.3 Å². The maximum Gasteiger partial charge on any atom is 0.306 e. The fourth-order valence-electron chi connectivity index (χ4n) is 1.60. The monoisotopic (exact) mass is 186 g/mol. The van der Waals surface area contributed by atoms with Crippen molar-refractivity contribution in [2.75, 3.05) is 0 Å². The van der Waals surface area contributed by atoms with Gasteiger partial charge in [0.05, 0.1) is 5.92 Å². The fraction of sp³-hybridized carbons (Fsp3) is 0.909. The average Bonchev–Trinajstić information content (AvgIpc) is 2.10. The van der Waals surface area contributed by atoms with Crippen molar-refractivity contribution in [3.63, 3.8) is 0 Å². The molecule has 0 fully saturated rings. The number of aliphatic carboxylic acids is 1. The molecular formula is C11H22O2. The van der Waals surface area contributed by atoms with E-state index in [0.717, 1.165) is 12.8 Å². The van der Waals surface area contributed by atoms with E-state index in [-0.39, 0.29) is 5.92 Å². The van der Waals surface area contributed by atoms with Gasteiger partial charge in [0.25, 0.3) is 0 Å². The molecule has 0 rings (SSSR count). The van der Waals surface area contributed by atoms with Crippen LogP contribution in [0.25, 0.3) is 0 Å². The van der Waals surface area contributed by atoms with E-state index in [4.69, 9.17) is 5.11 Å². The smallest absolute Gasteiger partial charge is 0.306 e. The maximum absolute atomic E-state index is 10.7. The van der Waals surface area contributed by atoms with E-state index < -0.39 is 5.97 Å². The molecule has 0 aliphatic carbocycles. The number of hydrogen-bond donors (Lipinski definition) is 1. The molecule has 78 valence electrons. The van der Waals surface area contributed by atoms with Crippen LogP contribution in [0.1, 0.15) is 52.9 Å². The molecule has 0 aliphatic heterocycles. The number of carboxylic acids is 1. The van der Waals surface area contributed by atoms with Gasteiger partial charge in [0.1, 0.15) is 0 Å².